The number of nitrogens with zero attached hydrogens (tertiary/aromatic N) is 1. The van der Waals surface area contributed by atoms with Gasteiger partial charge >= 0.3 is 11.9 Å². The van der Waals surface area contributed by atoms with Crippen molar-refractivity contribution in [2.24, 2.45) is 0 Å². The Morgan fingerprint density at radius 3 is 2.50 bits per heavy atom. The molecule has 1 atom stereocenters. The maximum Gasteiger partial charge on any atom is 0.336 e. The fourth-order valence-corrected chi connectivity index (χ4v) is 3.03. The van der Waals surface area contributed by atoms with E-state index in [0.29, 0.717) is 17.7 Å². The van der Waals surface area contributed by atoms with Crippen molar-refractivity contribution in [2.45, 2.75) is 12.6 Å². The van der Waals surface area contributed by atoms with Gasteiger partial charge in [-0.2, -0.15) is 0 Å². The van der Waals surface area contributed by atoms with Gasteiger partial charge in [-0.1, -0.05) is 24.3 Å². The number of ether oxygens (including phenoxy) is 2. The van der Waals surface area contributed by atoms with Crippen LogP contribution in [0.25, 0.3) is 0 Å². The van der Waals surface area contributed by atoms with E-state index < -0.39 is 11.9 Å². The summed E-state index contributed by atoms with van der Waals surface area (Å²) in [6.45, 7) is 1.14. The zero-order valence-corrected chi connectivity index (χ0v) is 11.4. The quantitative estimate of drug-likeness (QED) is 0.758. The summed E-state index contributed by atoms with van der Waals surface area (Å²) < 4.78 is 9.63. The number of methoxy groups -OCH3 is 2. The minimum Gasteiger partial charge on any atom is -0.466 e. The highest BCUT2D eigenvalue weighted by atomic mass is 16.5. The Hall–Kier alpha value is -2.14. The van der Waals surface area contributed by atoms with Crippen LogP contribution < -0.4 is 0 Å². The minimum atomic E-state index is -0.463. The Balaban J connectivity index is 2.11. The molecule has 0 radical (unpaired) electrons. The predicted molar refractivity (Wildman–Crippen MR) is 70.7 cm³/mol. The molecule has 0 aromatic heterocycles. The van der Waals surface area contributed by atoms with Gasteiger partial charge in [0.1, 0.15) is 0 Å². The third-order valence-corrected chi connectivity index (χ3v) is 3.89. The normalized spacial score (nSPS) is 20.6. The van der Waals surface area contributed by atoms with Gasteiger partial charge < -0.3 is 9.47 Å². The number of carbonyl (C=O) groups excluding carboxylic acids is 2. The summed E-state index contributed by atoms with van der Waals surface area (Å²) in [7, 11) is 2.65. The second-order valence-corrected chi connectivity index (χ2v) is 4.88. The van der Waals surface area contributed by atoms with Crippen LogP contribution in [0.3, 0.4) is 0 Å². The van der Waals surface area contributed by atoms with Gasteiger partial charge in [0, 0.05) is 13.1 Å². The van der Waals surface area contributed by atoms with Crippen LogP contribution in [0.5, 0.6) is 0 Å². The lowest BCUT2D eigenvalue weighted by molar-refractivity contribution is -0.139. The lowest BCUT2D eigenvalue weighted by atomic mass is 9.97. The van der Waals surface area contributed by atoms with Crippen molar-refractivity contribution in [1.82, 2.24) is 4.90 Å². The van der Waals surface area contributed by atoms with E-state index in [0.717, 1.165) is 12.1 Å². The molecule has 1 aromatic carbocycles. The zero-order chi connectivity index (χ0) is 14.3. The lowest BCUT2D eigenvalue weighted by Gasteiger charge is -2.17. The first kappa shape index (κ1) is 12.9. The molecule has 5 nitrogen and oxygen atoms in total. The molecule has 104 valence electrons. The molecular formula is C15H15NO4. The van der Waals surface area contributed by atoms with Gasteiger partial charge in [-0.15, -0.1) is 0 Å². The Kier molecular flexibility index (Phi) is 3.06. The van der Waals surface area contributed by atoms with Crippen molar-refractivity contribution in [2.75, 3.05) is 20.8 Å². The number of hydrogen-bond acceptors (Lipinski definition) is 5. The number of rotatable bonds is 2. The molecule has 5 heteroatoms. The van der Waals surface area contributed by atoms with Crippen molar-refractivity contribution in [3.63, 3.8) is 0 Å². The van der Waals surface area contributed by atoms with Crippen LogP contribution in [0, 0.1) is 0 Å². The molecule has 0 N–H and O–H groups in total. The Morgan fingerprint density at radius 2 is 1.80 bits per heavy atom. The van der Waals surface area contributed by atoms with Crippen molar-refractivity contribution < 1.29 is 19.1 Å². The minimum absolute atomic E-state index is 0.201. The molecule has 0 saturated heterocycles. The second-order valence-electron chi connectivity index (χ2n) is 4.88. The highest BCUT2D eigenvalue weighted by molar-refractivity contribution is 6.03. The summed E-state index contributed by atoms with van der Waals surface area (Å²) >= 11 is 0. The predicted octanol–water partition coefficient (Wildman–Crippen LogP) is 1.20. The Bertz CT molecular complexity index is 620. The van der Waals surface area contributed by atoms with Gasteiger partial charge in [0.05, 0.1) is 31.4 Å². The van der Waals surface area contributed by atoms with Crippen molar-refractivity contribution in [1.29, 1.82) is 0 Å². The van der Waals surface area contributed by atoms with Crippen LogP contribution in [0.4, 0.5) is 0 Å². The summed E-state index contributed by atoms with van der Waals surface area (Å²) in [5.74, 6) is -0.924. The summed E-state index contributed by atoms with van der Waals surface area (Å²) in [6.07, 6.45) is 0. The van der Waals surface area contributed by atoms with Crippen LogP contribution in [0.2, 0.25) is 0 Å². The van der Waals surface area contributed by atoms with Gasteiger partial charge in [0.15, 0.2) is 0 Å². The molecule has 20 heavy (non-hydrogen) atoms. The van der Waals surface area contributed by atoms with Crippen molar-refractivity contribution in [3.8, 4) is 0 Å². The summed E-state index contributed by atoms with van der Waals surface area (Å²) in [4.78, 5) is 26.0. The number of carbonyl (C=O) groups is 2. The van der Waals surface area contributed by atoms with Crippen molar-refractivity contribution in [3.05, 3.63) is 46.5 Å². The van der Waals surface area contributed by atoms with E-state index in [4.69, 9.17) is 9.47 Å². The third-order valence-electron chi connectivity index (χ3n) is 3.89. The smallest absolute Gasteiger partial charge is 0.336 e. The van der Waals surface area contributed by atoms with E-state index >= 15 is 0 Å². The van der Waals surface area contributed by atoms with Gasteiger partial charge in [-0.05, 0) is 11.1 Å². The van der Waals surface area contributed by atoms with Crippen molar-refractivity contribution >= 4 is 11.9 Å². The lowest BCUT2D eigenvalue weighted by Crippen LogP contribution is -2.20. The molecule has 0 saturated carbocycles. The first-order valence-corrected chi connectivity index (χ1v) is 6.39. The highest BCUT2D eigenvalue weighted by Gasteiger charge is 2.45. The maximum atomic E-state index is 12.1. The van der Waals surface area contributed by atoms with Crippen LogP contribution in [-0.4, -0.2) is 37.6 Å². The summed E-state index contributed by atoms with van der Waals surface area (Å²) in [5.41, 5.74) is 3.05. The molecule has 2 aliphatic rings. The fraction of sp³-hybridized carbons (Fsp3) is 0.333. The number of fused-ring (bicyclic) bond motifs is 3. The van der Waals surface area contributed by atoms with E-state index in [1.165, 1.54) is 19.8 Å². The largest absolute Gasteiger partial charge is 0.466 e. The van der Waals surface area contributed by atoms with Crippen LogP contribution in [-0.2, 0) is 25.6 Å². The molecule has 2 heterocycles. The van der Waals surface area contributed by atoms with E-state index in [9.17, 15) is 9.59 Å². The molecule has 3 rings (SSSR count). The van der Waals surface area contributed by atoms with Gasteiger partial charge in [-0.25, -0.2) is 9.59 Å². The summed E-state index contributed by atoms with van der Waals surface area (Å²) in [6, 6.07) is 7.74. The average molecular weight is 273 g/mol. The van der Waals surface area contributed by atoms with Gasteiger partial charge in [0.25, 0.3) is 0 Å². The molecule has 1 aromatic rings. The molecule has 1 unspecified atom stereocenters. The van der Waals surface area contributed by atoms with Crippen LogP contribution >= 0.6 is 0 Å². The Morgan fingerprint density at radius 1 is 1.10 bits per heavy atom. The highest BCUT2D eigenvalue weighted by Crippen LogP contribution is 2.44. The van der Waals surface area contributed by atoms with E-state index in [1.54, 1.807) is 0 Å². The molecule has 0 spiro atoms. The molecular weight excluding hydrogens is 258 g/mol. The molecule has 0 aliphatic carbocycles. The maximum absolute atomic E-state index is 12.1. The standard InChI is InChI=1S/C15H15NO4/c1-19-14(17)11-8-16-7-9-5-3-4-6-10(9)13(16)12(11)15(18)20-2/h3-6,13H,7-8H2,1-2H3. The molecule has 0 fully saturated rings. The molecule has 0 bridgehead atoms. The SMILES string of the molecule is COC(=O)C1=C(C(=O)OC)C2c3ccccc3CN2C1. The fourth-order valence-electron chi connectivity index (χ4n) is 3.03. The van der Waals surface area contributed by atoms with Crippen LogP contribution in [0.1, 0.15) is 17.2 Å². The third kappa shape index (κ3) is 1.74. The average Bonchev–Trinajstić information content (AvgIpc) is 3.01. The Labute approximate surface area is 116 Å². The second kappa shape index (κ2) is 4.76. The van der Waals surface area contributed by atoms with Crippen LogP contribution in [0.15, 0.2) is 35.4 Å². The topological polar surface area (TPSA) is 55.8 Å². The zero-order valence-electron chi connectivity index (χ0n) is 11.4. The summed E-state index contributed by atoms with van der Waals surface area (Å²) in [5, 5.41) is 0. The van der Waals surface area contributed by atoms with E-state index in [1.807, 2.05) is 24.3 Å². The molecule has 0 amide bonds. The number of benzene rings is 1. The first-order valence-electron chi connectivity index (χ1n) is 6.39. The van der Waals surface area contributed by atoms with E-state index in [2.05, 4.69) is 4.90 Å². The first-order chi connectivity index (χ1) is 9.67. The van der Waals surface area contributed by atoms with Gasteiger partial charge in [0.2, 0.25) is 0 Å². The molecule has 2 aliphatic heterocycles. The number of esters is 2. The monoisotopic (exact) mass is 273 g/mol. The number of hydrogen-bond donors (Lipinski definition) is 0. The van der Waals surface area contributed by atoms with Gasteiger partial charge in [-0.3, -0.25) is 4.90 Å². The van der Waals surface area contributed by atoms with E-state index in [-0.39, 0.29) is 6.04 Å².